The van der Waals surface area contributed by atoms with Crippen LogP contribution >= 0.6 is 0 Å². The molecule has 7 nitrogen and oxygen atoms in total. The minimum Gasteiger partial charge on any atom is -0.391 e. The third kappa shape index (κ3) is 4.04. The Labute approximate surface area is 163 Å². The molecule has 28 heavy (non-hydrogen) atoms. The number of rotatable bonds is 5. The molecule has 1 amide bonds. The molecule has 3 heterocycles. The van der Waals surface area contributed by atoms with E-state index in [1.165, 1.54) is 0 Å². The van der Waals surface area contributed by atoms with Crippen molar-refractivity contribution in [3.05, 3.63) is 72.2 Å². The lowest BCUT2D eigenvalue weighted by Gasteiger charge is -2.30. The van der Waals surface area contributed by atoms with Crippen molar-refractivity contribution in [2.75, 3.05) is 18.4 Å². The zero-order valence-electron chi connectivity index (χ0n) is 15.5. The lowest BCUT2D eigenvalue weighted by molar-refractivity contribution is 0.0474. The fraction of sp³-hybridized carbons (Fsp3) is 0.286. The molecule has 0 saturated carbocycles. The molecular formula is C21H23N5O2. The molecule has 1 aliphatic heterocycles. The highest BCUT2D eigenvalue weighted by atomic mass is 16.3. The third-order valence-corrected chi connectivity index (χ3v) is 4.85. The Morgan fingerprint density at radius 2 is 2.11 bits per heavy atom. The van der Waals surface area contributed by atoms with Crippen LogP contribution in [0.3, 0.4) is 0 Å². The van der Waals surface area contributed by atoms with Gasteiger partial charge in [0, 0.05) is 36.7 Å². The average Bonchev–Trinajstić information content (AvgIpc) is 3.21. The minimum atomic E-state index is -0.425. The van der Waals surface area contributed by atoms with Gasteiger partial charge in [-0.2, -0.15) is 5.10 Å². The Bertz CT molecular complexity index is 941. The average molecular weight is 377 g/mol. The van der Waals surface area contributed by atoms with Gasteiger partial charge in [0.25, 0.3) is 5.91 Å². The van der Waals surface area contributed by atoms with Crippen LogP contribution in [0.1, 0.15) is 28.9 Å². The molecule has 3 aromatic rings. The van der Waals surface area contributed by atoms with E-state index >= 15 is 0 Å². The van der Waals surface area contributed by atoms with Crippen LogP contribution < -0.4 is 5.32 Å². The fourth-order valence-corrected chi connectivity index (χ4v) is 3.43. The summed E-state index contributed by atoms with van der Waals surface area (Å²) in [4.78, 5) is 18.8. The van der Waals surface area contributed by atoms with Crippen LogP contribution in [-0.2, 0) is 6.54 Å². The molecule has 1 atom stereocenters. The fourth-order valence-electron chi connectivity index (χ4n) is 3.43. The monoisotopic (exact) mass is 377 g/mol. The summed E-state index contributed by atoms with van der Waals surface area (Å²) in [6.07, 6.45) is 4.65. The topological polar surface area (TPSA) is 83.3 Å². The minimum absolute atomic E-state index is 0.0408. The molecule has 2 N–H and O–H groups in total. The number of pyridine rings is 1. The summed E-state index contributed by atoms with van der Waals surface area (Å²) >= 11 is 0. The maximum atomic E-state index is 12.7. The second kappa shape index (κ2) is 8.22. The van der Waals surface area contributed by atoms with E-state index in [1.807, 2.05) is 48.5 Å². The molecule has 1 aliphatic rings. The highest BCUT2D eigenvalue weighted by Crippen LogP contribution is 2.18. The first-order chi connectivity index (χ1) is 13.7. The third-order valence-electron chi connectivity index (χ3n) is 4.85. The molecule has 1 fully saturated rings. The largest absolute Gasteiger partial charge is 0.391 e. The van der Waals surface area contributed by atoms with Gasteiger partial charge in [0.05, 0.1) is 18.3 Å². The van der Waals surface area contributed by atoms with Crippen molar-refractivity contribution in [1.29, 1.82) is 0 Å². The Balaban J connectivity index is 1.45. The van der Waals surface area contributed by atoms with Gasteiger partial charge in [-0.1, -0.05) is 12.1 Å². The molecule has 0 spiro atoms. The molecule has 1 aromatic carbocycles. The second-order valence-corrected chi connectivity index (χ2v) is 6.90. The van der Waals surface area contributed by atoms with Crippen LogP contribution in [0.4, 0.5) is 5.69 Å². The van der Waals surface area contributed by atoms with Crippen LogP contribution in [0, 0.1) is 0 Å². The summed E-state index contributed by atoms with van der Waals surface area (Å²) in [5, 5.41) is 17.5. The Kier molecular flexibility index (Phi) is 5.34. The molecule has 4 rings (SSSR count). The van der Waals surface area contributed by atoms with Crippen molar-refractivity contribution in [2.24, 2.45) is 0 Å². The van der Waals surface area contributed by atoms with Crippen molar-refractivity contribution in [1.82, 2.24) is 19.7 Å². The Hall–Kier alpha value is -3.19. The number of anilines is 1. The lowest BCUT2D eigenvalue weighted by atomic mass is 10.1. The summed E-state index contributed by atoms with van der Waals surface area (Å²) in [6.45, 7) is 1.65. The summed E-state index contributed by atoms with van der Waals surface area (Å²) < 4.78 is 1.79. The van der Waals surface area contributed by atoms with Crippen molar-refractivity contribution in [2.45, 2.75) is 25.5 Å². The SMILES string of the molecule is O=C(c1cccc(NCc2ccnn2-c2ccccn2)c1)N1CCCC(O)C1. The Morgan fingerprint density at radius 1 is 1.18 bits per heavy atom. The number of nitrogens with one attached hydrogen (secondary N) is 1. The van der Waals surface area contributed by atoms with Crippen LogP contribution in [0.15, 0.2) is 60.9 Å². The number of nitrogens with zero attached hydrogens (tertiary/aromatic N) is 4. The van der Waals surface area contributed by atoms with Gasteiger partial charge >= 0.3 is 0 Å². The normalized spacial score (nSPS) is 16.8. The molecule has 7 heteroatoms. The van der Waals surface area contributed by atoms with Crippen molar-refractivity contribution < 1.29 is 9.90 Å². The highest BCUT2D eigenvalue weighted by molar-refractivity contribution is 5.95. The zero-order chi connectivity index (χ0) is 19.3. The van der Waals surface area contributed by atoms with Gasteiger partial charge in [0.15, 0.2) is 5.82 Å². The maximum Gasteiger partial charge on any atom is 0.254 e. The van der Waals surface area contributed by atoms with Crippen LogP contribution in [-0.4, -0.2) is 49.9 Å². The predicted molar refractivity (Wildman–Crippen MR) is 106 cm³/mol. The van der Waals surface area contributed by atoms with E-state index in [-0.39, 0.29) is 5.91 Å². The molecule has 1 unspecified atom stereocenters. The predicted octanol–water partition coefficient (Wildman–Crippen LogP) is 2.48. The summed E-state index contributed by atoms with van der Waals surface area (Å²) in [7, 11) is 0. The van der Waals surface area contributed by atoms with Gasteiger partial charge in [-0.3, -0.25) is 4.79 Å². The van der Waals surface area contributed by atoms with Gasteiger partial charge in [0.1, 0.15) is 0 Å². The van der Waals surface area contributed by atoms with Gasteiger partial charge in [-0.05, 0) is 49.2 Å². The zero-order valence-corrected chi connectivity index (χ0v) is 15.5. The van der Waals surface area contributed by atoms with E-state index in [0.717, 1.165) is 30.0 Å². The lowest BCUT2D eigenvalue weighted by Crippen LogP contribution is -2.42. The van der Waals surface area contributed by atoms with Crippen molar-refractivity contribution >= 4 is 11.6 Å². The van der Waals surface area contributed by atoms with Crippen molar-refractivity contribution in [3.8, 4) is 5.82 Å². The van der Waals surface area contributed by atoms with E-state index in [9.17, 15) is 9.90 Å². The number of likely N-dealkylation sites (tertiary alicyclic amines) is 1. The van der Waals surface area contributed by atoms with Gasteiger partial charge < -0.3 is 15.3 Å². The number of aliphatic hydroxyl groups excluding tert-OH is 1. The van der Waals surface area contributed by atoms with Crippen LogP contribution in [0.5, 0.6) is 0 Å². The van der Waals surface area contributed by atoms with Crippen molar-refractivity contribution in [3.63, 3.8) is 0 Å². The maximum absolute atomic E-state index is 12.7. The highest BCUT2D eigenvalue weighted by Gasteiger charge is 2.23. The summed E-state index contributed by atoms with van der Waals surface area (Å²) in [5.74, 6) is 0.720. The Morgan fingerprint density at radius 3 is 2.93 bits per heavy atom. The van der Waals surface area contributed by atoms with Gasteiger partial charge in [-0.15, -0.1) is 0 Å². The summed E-state index contributed by atoms with van der Waals surface area (Å²) in [6, 6.07) is 15.1. The van der Waals surface area contributed by atoms with Crippen LogP contribution in [0.2, 0.25) is 0 Å². The van der Waals surface area contributed by atoms with E-state index < -0.39 is 6.10 Å². The molecule has 0 radical (unpaired) electrons. The van der Waals surface area contributed by atoms with Gasteiger partial charge in [0.2, 0.25) is 0 Å². The number of benzene rings is 1. The standard InChI is InChI=1S/C21H23N5O2/c27-19-7-4-12-25(15-19)21(28)16-5-3-6-17(13-16)23-14-18-9-11-24-26(18)20-8-1-2-10-22-20/h1-3,5-6,8-11,13,19,23,27H,4,7,12,14-15H2. The number of aromatic nitrogens is 3. The molecular weight excluding hydrogens is 354 g/mol. The second-order valence-electron chi connectivity index (χ2n) is 6.90. The number of hydrogen-bond acceptors (Lipinski definition) is 5. The number of β-amino-alcohol motifs (C(OH)–C–C–N with tert-alkyl or cyclic N) is 1. The number of hydrogen-bond donors (Lipinski definition) is 2. The first kappa shape index (κ1) is 18.2. The molecule has 2 aromatic heterocycles. The van der Waals surface area contributed by atoms with E-state index in [0.29, 0.717) is 25.2 Å². The number of aliphatic hydroxyl groups is 1. The number of carbonyl (C=O) groups is 1. The number of piperidine rings is 1. The van der Waals surface area contributed by atoms with E-state index in [2.05, 4.69) is 15.4 Å². The molecule has 0 bridgehead atoms. The van der Waals surface area contributed by atoms with E-state index in [4.69, 9.17) is 0 Å². The first-order valence-electron chi connectivity index (χ1n) is 9.46. The first-order valence-corrected chi connectivity index (χ1v) is 9.46. The smallest absolute Gasteiger partial charge is 0.254 e. The number of amides is 1. The quantitative estimate of drug-likeness (QED) is 0.714. The molecule has 0 aliphatic carbocycles. The summed E-state index contributed by atoms with van der Waals surface area (Å²) in [5.41, 5.74) is 2.45. The molecule has 144 valence electrons. The number of carbonyl (C=O) groups excluding carboxylic acids is 1. The molecule has 1 saturated heterocycles. The van der Waals surface area contributed by atoms with Crippen LogP contribution in [0.25, 0.3) is 5.82 Å². The van der Waals surface area contributed by atoms with E-state index in [1.54, 1.807) is 22.0 Å². The van der Waals surface area contributed by atoms with Gasteiger partial charge in [-0.25, -0.2) is 9.67 Å².